The number of likely N-dealkylation sites (tertiary alicyclic amines) is 2. The normalized spacial score (nSPS) is 26.1. The van der Waals surface area contributed by atoms with Gasteiger partial charge < -0.3 is 10.2 Å². The third kappa shape index (κ3) is 4.26. The highest BCUT2D eigenvalue weighted by atomic mass is 35.5. The first kappa shape index (κ1) is 23.4. The predicted molar refractivity (Wildman–Crippen MR) is 136 cm³/mol. The van der Waals surface area contributed by atoms with Gasteiger partial charge in [0.05, 0.1) is 16.6 Å². The lowest BCUT2D eigenvalue weighted by Crippen LogP contribution is -2.51. The Morgan fingerprint density at radius 3 is 2.71 bits per heavy atom. The molecular formula is C27H29Cl2N3O2. The average Bonchev–Trinajstić information content (AvgIpc) is 3.48. The van der Waals surface area contributed by atoms with Gasteiger partial charge in [0.15, 0.2) is 0 Å². The molecular weight excluding hydrogens is 469 g/mol. The summed E-state index contributed by atoms with van der Waals surface area (Å²) in [4.78, 5) is 29.6. The molecule has 0 saturated carbocycles. The van der Waals surface area contributed by atoms with Gasteiger partial charge >= 0.3 is 0 Å². The van der Waals surface area contributed by atoms with Crippen molar-refractivity contribution in [3.8, 4) is 0 Å². The Kier molecular flexibility index (Phi) is 6.45. The second-order valence-electron chi connectivity index (χ2n) is 9.70. The maximum Gasteiger partial charge on any atom is 0.251 e. The molecule has 2 aliphatic heterocycles. The topological polar surface area (TPSA) is 52.6 Å². The van der Waals surface area contributed by atoms with Crippen molar-refractivity contribution < 1.29 is 9.59 Å². The fraction of sp³-hybridized carbons (Fsp3) is 0.407. The van der Waals surface area contributed by atoms with Crippen molar-refractivity contribution in [2.24, 2.45) is 5.92 Å². The Morgan fingerprint density at radius 2 is 1.91 bits per heavy atom. The van der Waals surface area contributed by atoms with Gasteiger partial charge in [-0.05, 0) is 54.6 Å². The number of carbonyl (C=O) groups excluding carboxylic acids is 2. The molecule has 1 spiro atoms. The third-order valence-corrected chi connectivity index (χ3v) is 8.58. The maximum absolute atomic E-state index is 12.8. The van der Waals surface area contributed by atoms with Gasteiger partial charge in [0, 0.05) is 36.7 Å². The summed E-state index contributed by atoms with van der Waals surface area (Å²) in [5, 5.41) is 3.42. The molecule has 178 valence electrons. The number of hydrogen-bond acceptors (Lipinski definition) is 3. The van der Waals surface area contributed by atoms with Crippen LogP contribution in [-0.2, 0) is 10.2 Å². The van der Waals surface area contributed by atoms with Crippen LogP contribution in [0.1, 0.15) is 41.3 Å². The molecule has 2 amide bonds. The molecule has 5 rings (SSSR count). The zero-order valence-electron chi connectivity index (χ0n) is 19.3. The zero-order chi connectivity index (χ0) is 23.9. The number of fused-ring (bicyclic) bond motifs is 2. The van der Waals surface area contributed by atoms with Crippen molar-refractivity contribution in [3.63, 3.8) is 0 Å². The van der Waals surface area contributed by atoms with E-state index in [0.717, 1.165) is 32.5 Å². The van der Waals surface area contributed by atoms with Gasteiger partial charge in [-0.1, -0.05) is 66.5 Å². The summed E-state index contributed by atoms with van der Waals surface area (Å²) in [7, 11) is 0. The third-order valence-electron chi connectivity index (χ3n) is 7.84. The highest BCUT2D eigenvalue weighted by Gasteiger charge is 2.45. The number of piperidine rings is 1. The van der Waals surface area contributed by atoms with Gasteiger partial charge in [-0.25, -0.2) is 0 Å². The predicted octanol–water partition coefficient (Wildman–Crippen LogP) is 4.63. The van der Waals surface area contributed by atoms with Crippen LogP contribution < -0.4 is 5.32 Å². The van der Waals surface area contributed by atoms with Crippen LogP contribution in [0.15, 0.2) is 48.5 Å². The number of nitrogens with one attached hydrogen (secondary N) is 1. The van der Waals surface area contributed by atoms with E-state index in [4.69, 9.17) is 23.2 Å². The molecule has 2 saturated heterocycles. The molecule has 2 heterocycles. The van der Waals surface area contributed by atoms with Gasteiger partial charge in [0.2, 0.25) is 5.91 Å². The molecule has 5 nitrogen and oxygen atoms in total. The Bertz CT molecular complexity index is 1150. The van der Waals surface area contributed by atoms with Crippen LogP contribution in [0.25, 0.3) is 6.08 Å². The second-order valence-corrected chi connectivity index (χ2v) is 10.5. The van der Waals surface area contributed by atoms with Crippen LogP contribution >= 0.6 is 23.2 Å². The van der Waals surface area contributed by atoms with Crippen LogP contribution in [0.2, 0.25) is 10.0 Å². The average molecular weight is 498 g/mol. The van der Waals surface area contributed by atoms with E-state index in [1.807, 2.05) is 4.90 Å². The molecule has 0 aromatic heterocycles. The molecule has 7 heteroatoms. The van der Waals surface area contributed by atoms with Gasteiger partial charge in [-0.2, -0.15) is 0 Å². The van der Waals surface area contributed by atoms with Crippen molar-refractivity contribution in [1.29, 1.82) is 0 Å². The molecule has 3 aliphatic rings. The Hall–Kier alpha value is -2.34. The van der Waals surface area contributed by atoms with Gasteiger partial charge in [-0.15, -0.1) is 0 Å². The number of allylic oxidation sites excluding steroid dienone is 1. The largest absolute Gasteiger partial charge is 0.343 e. The molecule has 1 N–H and O–H groups in total. The van der Waals surface area contributed by atoms with Crippen LogP contribution in [0, 0.1) is 5.92 Å². The fourth-order valence-electron chi connectivity index (χ4n) is 5.83. The number of halogens is 2. The number of amides is 2. The van der Waals surface area contributed by atoms with Gasteiger partial charge in [-0.3, -0.25) is 14.5 Å². The van der Waals surface area contributed by atoms with Crippen molar-refractivity contribution in [2.45, 2.75) is 31.2 Å². The van der Waals surface area contributed by atoms with Gasteiger partial charge in [0.25, 0.3) is 5.91 Å². The number of rotatable bonds is 4. The molecule has 2 aromatic rings. The van der Waals surface area contributed by atoms with E-state index in [1.165, 1.54) is 17.2 Å². The summed E-state index contributed by atoms with van der Waals surface area (Å²) in [6, 6.07) is 13.8. The first-order valence-corrected chi connectivity index (χ1v) is 12.7. The summed E-state index contributed by atoms with van der Waals surface area (Å²) in [6.07, 6.45) is 6.77. The molecule has 2 aromatic carbocycles. The van der Waals surface area contributed by atoms with Crippen LogP contribution in [0.5, 0.6) is 0 Å². The summed E-state index contributed by atoms with van der Waals surface area (Å²) in [6.45, 7) is 5.84. The number of hydrogen-bond donors (Lipinski definition) is 1. The summed E-state index contributed by atoms with van der Waals surface area (Å²) in [5.74, 6) is 0.129. The molecule has 0 unspecified atom stereocenters. The molecule has 0 radical (unpaired) electrons. The smallest absolute Gasteiger partial charge is 0.251 e. The zero-order valence-corrected chi connectivity index (χ0v) is 20.8. The standard InChI is InChI=1S/C27H29Cl2N3O2/c1-18-16-31(13-11-27(18)10-8-19-4-2-3-5-22(19)27)21-9-12-32(17-21)25(33)15-30-26(34)20-6-7-23(28)24(29)14-20/h2-8,10,14,18,21H,9,11-13,15-17H2,1H3,(H,30,34)/t18-,21+,27-/m0/s1. The molecule has 34 heavy (non-hydrogen) atoms. The first-order valence-electron chi connectivity index (χ1n) is 11.9. The monoisotopic (exact) mass is 497 g/mol. The van der Waals surface area contributed by atoms with Crippen molar-refractivity contribution in [1.82, 2.24) is 15.1 Å². The number of benzene rings is 2. The summed E-state index contributed by atoms with van der Waals surface area (Å²) >= 11 is 11.9. The van der Waals surface area contributed by atoms with E-state index < -0.39 is 0 Å². The molecule has 1 aliphatic carbocycles. The van der Waals surface area contributed by atoms with E-state index in [-0.39, 0.29) is 23.8 Å². The van der Waals surface area contributed by atoms with Crippen LogP contribution in [0.4, 0.5) is 0 Å². The van der Waals surface area contributed by atoms with Crippen molar-refractivity contribution in [2.75, 3.05) is 32.7 Å². The Labute approximate surface area is 210 Å². The molecule has 2 fully saturated rings. The summed E-state index contributed by atoms with van der Waals surface area (Å²) in [5.41, 5.74) is 3.34. The minimum absolute atomic E-state index is 0.0209. The Balaban J connectivity index is 1.14. The lowest BCUT2D eigenvalue weighted by atomic mass is 9.68. The van der Waals surface area contributed by atoms with Gasteiger partial charge in [0.1, 0.15) is 0 Å². The first-order chi connectivity index (χ1) is 16.4. The number of nitrogens with zero attached hydrogens (tertiary/aromatic N) is 2. The Morgan fingerprint density at radius 1 is 1.09 bits per heavy atom. The lowest BCUT2D eigenvalue weighted by Gasteiger charge is -2.46. The highest BCUT2D eigenvalue weighted by Crippen LogP contribution is 2.47. The highest BCUT2D eigenvalue weighted by molar-refractivity contribution is 6.42. The van der Waals surface area contributed by atoms with E-state index in [2.05, 4.69) is 53.6 Å². The van der Waals surface area contributed by atoms with Crippen LogP contribution in [-0.4, -0.2) is 60.4 Å². The minimum atomic E-state index is -0.331. The quantitative estimate of drug-likeness (QED) is 0.669. The number of carbonyl (C=O) groups is 2. The SMILES string of the molecule is C[C@H]1CN([C@@H]2CCN(C(=O)CNC(=O)c3ccc(Cl)c(Cl)c3)C2)CC[C@@]12C=Cc1ccccc12. The summed E-state index contributed by atoms with van der Waals surface area (Å²) < 4.78 is 0. The van der Waals surface area contributed by atoms with Crippen molar-refractivity contribution >= 4 is 41.1 Å². The van der Waals surface area contributed by atoms with Crippen LogP contribution in [0.3, 0.4) is 0 Å². The van der Waals surface area contributed by atoms with E-state index in [0.29, 0.717) is 34.1 Å². The fourth-order valence-corrected chi connectivity index (χ4v) is 6.13. The maximum atomic E-state index is 12.8. The second kappa shape index (κ2) is 9.37. The van der Waals surface area contributed by atoms with E-state index in [1.54, 1.807) is 12.1 Å². The molecule has 0 bridgehead atoms. The van der Waals surface area contributed by atoms with E-state index >= 15 is 0 Å². The van der Waals surface area contributed by atoms with Crippen molar-refractivity contribution in [3.05, 3.63) is 75.3 Å². The van der Waals surface area contributed by atoms with E-state index in [9.17, 15) is 9.59 Å². The minimum Gasteiger partial charge on any atom is -0.343 e. The lowest BCUT2D eigenvalue weighted by molar-refractivity contribution is -0.129. The molecule has 3 atom stereocenters.